The molecule has 1 aliphatic rings. The van der Waals surface area contributed by atoms with Crippen LogP contribution in [0.25, 0.3) is 0 Å². The lowest BCUT2D eigenvalue weighted by Crippen LogP contribution is -2.24. The number of carbonyl (C=O) groups is 1. The van der Waals surface area contributed by atoms with Crippen molar-refractivity contribution in [3.8, 4) is 0 Å². The highest BCUT2D eigenvalue weighted by Crippen LogP contribution is 2.31. The number of amides is 1. The number of rotatable bonds is 7. The summed E-state index contributed by atoms with van der Waals surface area (Å²) in [5, 5.41) is 7.04. The summed E-state index contributed by atoms with van der Waals surface area (Å²) in [6, 6.07) is 3.54. The number of nitrogens with zero attached hydrogens (tertiary/aromatic N) is 2. The number of aryl methyl sites for hydroxylation is 2. The minimum Gasteiger partial charge on any atom is -0.427 e. The van der Waals surface area contributed by atoms with Gasteiger partial charge < -0.3 is 9.73 Å². The minimum atomic E-state index is -0.579. The molecule has 2 aromatic heterocycles. The Kier molecular flexibility index (Phi) is 5.06. The van der Waals surface area contributed by atoms with Gasteiger partial charge in [0.15, 0.2) is 0 Å². The van der Waals surface area contributed by atoms with Crippen molar-refractivity contribution in [2.75, 3.05) is 5.32 Å². The van der Waals surface area contributed by atoms with E-state index < -0.39 is 11.5 Å². The maximum atomic E-state index is 12.6. The molecule has 134 valence electrons. The Bertz CT molecular complexity index is 816. The Balaban J connectivity index is 1.75. The first-order valence-electron chi connectivity index (χ1n) is 8.91. The third kappa shape index (κ3) is 4.38. The van der Waals surface area contributed by atoms with Gasteiger partial charge in [0.1, 0.15) is 17.1 Å². The highest BCUT2D eigenvalue weighted by atomic mass is 16.4. The quantitative estimate of drug-likeness (QED) is 0.836. The highest BCUT2D eigenvalue weighted by molar-refractivity contribution is 6.04. The Hall–Kier alpha value is -2.37. The van der Waals surface area contributed by atoms with Crippen LogP contribution in [-0.4, -0.2) is 15.7 Å². The van der Waals surface area contributed by atoms with Crippen molar-refractivity contribution in [1.82, 2.24) is 9.78 Å². The van der Waals surface area contributed by atoms with E-state index in [2.05, 4.69) is 24.3 Å². The smallest absolute Gasteiger partial charge is 0.349 e. The van der Waals surface area contributed by atoms with E-state index in [-0.39, 0.29) is 5.56 Å². The third-order valence-corrected chi connectivity index (χ3v) is 4.48. The molecule has 0 saturated heterocycles. The zero-order valence-electron chi connectivity index (χ0n) is 15.0. The topological polar surface area (TPSA) is 77.1 Å². The van der Waals surface area contributed by atoms with E-state index in [0.717, 1.165) is 13.0 Å². The van der Waals surface area contributed by atoms with E-state index in [0.29, 0.717) is 35.4 Å². The Labute approximate surface area is 147 Å². The molecule has 1 fully saturated rings. The molecule has 0 aliphatic heterocycles. The van der Waals surface area contributed by atoms with Gasteiger partial charge in [0.05, 0.1) is 6.20 Å². The molecule has 1 aliphatic carbocycles. The van der Waals surface area contributed by atoms with Crippen LogP contribution in [0.1, 0.15) is 54.8 Å². The third-order valence-electron chi connectivity index (χ3n) is 4.48. The fraction of sp³-hybridized carbons (Fsp3) is 0.526. The molecule has 0 spiro atoms. The van der Waals surface area contributed by atoms with Crippen LogP contribution in [0.3, 0.4) is 0 Å². The van der Waals surface area contributed by atoms with Crippen molar-refractivity contribution in [3.05, 3.63) is 45.6 Å². The molecule has 2 aromatic rings. The molecule has 3 rings (SSSR count). The second-order valence-corrected chi connectivity index (χ2v) is 7.29. The molecule has 6 heteroatoms. The average molecular weight is 343 g/mol. The van der Waals surface area contributed by atoms with E-state index >= 15 is 0 Å². The van der Waals surface area contributed by atoms with Crippen LogP contribution in [0, 0.1) is 18.8 Å². The number of carbonyl (C=O) groups excluding carboxylic acids is 1. The number of aromatic nitrogens is 2. The van der Waals surface area contributed by atoms with Crippen LogP contribution in [0.2, 0.25) is 0 Å². The molecule has 25 heavy (non-hydrogen) atoms. The SMILES string of the molecule is Cc1cc(CCC(C)C)oc(=O)c1C(=O)Nc1ccnn1CC1CC1. The van der Waals surface area contributed by atoms with Gasteiger partial charge in [-0.25, -0.2) is 9.48 Å². The summed E-state index contributed by atoms with van der Waals surface area (Å²) >= 11 is 0. The lowest BCUT2D eigenvalue weighted by atomic mass is 10.0. The van der Waals surface area contributed by atoms with Gasteiger partial charge in [-0.05, 0) is 49.7 Å². The number of hydrogen-bond acceptors (Lipinski definition) is 4. The van der Waals surface area contributed by atoms with Crippen LogP contribution in [0.5, 0.6) is 0 Å². The molecular weight excluding hydrogens is 318 g/mol. The highest BCUT2D eigenvalue weighted by Gasteiger charge is 2.24. The van der Waals surface area contributed by atoms with Crippen LogP contribution >= 0.6 is 0 Å². The lowest BCUT2D eigenvalue weighted by molar-refractivity contribution is 0.102. The summed E-state index contributed by atoms with van der Waals surface area (Å²) in [5.74, 6) is 1.97. The zero-order valence-corrected chi connectivity index (χ0v) is 15.0. The van der Waals surface area contributed by atoms with Crippen LogP contribution < -0.4 is 10.9 Å². The summed E-state index contributed by atoms with van der Waals surface area (Å²) in [6.45, 7) is 6.81. The normalized spacial score (nSPS) is 14.1. The van der Waals surface area contributed by atoms with E-state index in [4.69, 9.17) is 4.42 Å². The van der Waals surface area contributed by atoms with Crippen molar-refractivity contribution >= 4 is 11.7 Å². The van der Waals surface area contributed by atoms with Gasteiger partial charge >= 0.3 is 5.63 Å². The van der Waals surface area contributed by atoms with Gasteiger partial charge in [-0.1, -0.05) is 13.8 Å². The first-order chi connectivity index (χ1) is 11.9. The van der Waals surface area contributed by atoms with Crippen LogP contribution in [0.4, 0.5) is 5.82 Å². The molecule has 0 radical (unpaired) electrons. The Morgan fingerprint density at radius 2 is 2.20 bits per heavy atom. The van der Waals surface area contributed by atoms with E-state index in [9.17, 15) is 9.59 Å². The van der Waals surface area contributed by atoms with Crippen molar-refractivity contribution in [2.45, 2.75) is 53.0 Å². The van der Waals surface area contributed by atoms with Gasteiger partial charge in [0.25, 0.3) is 5.91 Å². The molecule has 0 unspecified atom stereocenters. The minimum absolute atomic E-state index is 0.0625. The van der Waals surface area contributed by atoms with Crippen LogP contribution in [-0.2, 0) is 13.0 Å². The van der Waals surface area contributed by atoms with Crippen LogP contribution in [0.15, 0.2) is 27.5 Å². The zero-order chi connectivity index (χ0) is 18.0. The molecule has 0 atom stereocenters. The predicted octanol–water partition coefficient (Wildman–Crippen LogP) is 3.40. The summed E-state index contributed by atoms with van der Waals surface area (Å²) in [5.41, 5.74) is 0.123. The average Bonchev–Trinajstić information content (AvgIpc) is 3.24. The molecule has 6 nitrogen and oxygen atoms in total. The Morgan fingerprint density at radius 3 is 2.84 bits per heavy atom. The first kappa shape index (κ1) is 17.5. The van der Waals surface area contributed by atoms with Gasteiger partial charge in [-0.3, -0.25) is 4.79 Å². The molecule has 1 N–H and O–H groups in total. The number of anilines is 1. The maximum Gasteiger partial charge on any atom is 0.349 e. The maximum absolute atomic E-state index is 12.6. The molecule has 1 saturated carbocycles. The second-order valence-electron chi connectivity index (χ2n) is 7.29. The lowest BCUT2D eigenvalue weighted by Gasteiger charge is -2.10. The van der Waals surface area contributed by atoms with Crippen molar-refractivity contribution in [3.63, 3.8) is 0 Å². The van der Waals surface area contributed by atoms with Gasteiger partial charge in [0, 0.05) is 19.0 Å². The molecular formula is C19H25N3O3. The summed E-state index contributed by atoms with van der Waals surface area (Å²) in [6.07, 6.45) is 5.70. The summed E-state index contributed by atoms with van der Waals surface area (Å²) < 4.78 is 7.13. The van der Waals surface area contributed by atoms with E-state index in [1.165, 1.54) is 12.8 Å². The summed E-state index contributed by atoms with van der Waals surface area (Å²) in [4.78, 5) is 24.9. The van der Waals surface area contributed by atoms with Gasteiger partial charge in [0.2, 0.25) is 0 Å². The molecule has 2 heterocycles. The standard InChI is InChI=1S/C19H25N3O3/c1-12(2)4-7-15-10-13(3)17(19(24)25-15)18(23)21-16-8-9-20-22(16)11-14-5-6-14/h8-10,12,14H,4-7,11H2,1-3H3,(H,21,23). The van der Waals surface area contributed by atoms with Gasteiger partial charge in [-0.15, -0.1) is 0 Å². The first-order valence-corrected chi connectivity index (χ1v) is 8.91. The fourth-order valence-electron chi connectivity index (χ4n) is 2.81. The van der Waals surface area contributed by atoms with Crippen molar-refractivity contribution in [2.24, 2.45) is 11.8 Å². The number of nitrogens with one attached hydrogen (secondary N) is 1. The molecule has 0 aromatic carbocycles. The van der Waals surface area contributed by atoms with Crippen molar-refractivity contribution < 1.29 is 9.21 Å². The van der Waals surface area contributed by atoms with E-state index in [1.807, 2.05) is 0 Å². The van der Waals surface area contributed by atoms with E-state index in [1.54, 1.807) is 29.9 Å². The predicted molar refractivity (Wildman–Crippen MR) is 95.8 cm³/mol. The monoisotopic (exact) mass is 343 g/mol. The summed E-state index contributed by atoms with van der Waals surface area (Å²) in [7, 11) is 0. The largest absolute Gasteiger partial charge is 0.427 e. The number of hydrogen-bond donors (Lipinski definition) is 1. The Morgan fingerprint density at radius 1 is 1.44 bits per heavy atom. The molecule has 0 bridgehead atoms. The second kappa shape index (κ2) is 7.25. The fourth-order valence-corrected chi connectivity index (χ4v) is 2.81. The van der Waals surface area contributed by atoms with Crippen molar-refractivity contribution in [1.29, 1.82) is 0 Å². The van der Waals surface area contributed by atoms with Gasteiger partial charge in [-0.2, -0.15) is 5.10 Å². The molecule has 1 amide bonds.